The van der Waals surface area contributed by atoms with Gasteiger partial charge in [0.1, 0.15) is 0 Å². The topological polar surface area (TPSA) is 57.0 Å². The fraction of sp³-hybridized carbons (Fsp3) is 0.667. The number of carbonyl (C=O) groups is 1. The van der Waals surface area contributed by atoms with Gasteiger partial charge in [-0.15, -0.1) is 5.10 Å². The Labute approximate surface area is 94.5 Å². The first-order chi connectivity index (χ1) is 7.97. The molecule has 94 valence electrons. The van der Waals surface area contributed by atoms with Gasteiger partial charge in [0.15, 0.2) is 5.69 Å². The molecule has 1 aliphatic rings. The summed E-state index contributed by atoms with van der Waals surface area (Å²) in [6.45, 7) is 0.964. The van der Waals surface area contributed by atoms with Crippen molar-refractivity contribution in [2.45, 2.75) is 31.7 Å². The quantitative estimate of drug-likeness (QED) is 0.755. The van der Waals surface area contributed by atoms with E-state index in [1.165, 1.54) is 4.68 Å². The summed E-state index contributed by atoms with van der Waals surface area (Å²) in [5.41, 5.74) is -0.685. The van der Waals surface area contributed by atoms with Gasteiger partial charge in [0, 0.05) is 6.61 Å². The number of ketones is 1. The van der Waals surface area contributed by atoms with Gasteiger partial charge >= 0.3 is 6.18 Å². The van der Waals surface area contributed by atoms with Crippen LogP contribution in [0.2, 0.25) is 0 Å². The second-order valence-electron chi connectivity index (χ2n) is 3.79. The standard InChI is InChI=1S/C9H10F3N3O2/c10-9(11,12)8(16)7-5-15(14-13-7)4-6-2-1-3-17-6/h5-6H,1-4H2. The molecule has 8 heteroatoms. The van der Waals surface area contributed by atoms with Crippen LogP contribution in [-0.2, 0) is 11.3 Å². The maximum atomic E-state index is 12.1. The summed E-state index contributed by atoms with van der Waals surface area (Å²) in [7, 11) is 0. The molecule has 0 spiro atoms. The van der Waals surface area contributed by atoms with Crippen LogP contribution in [0.25, 0.3) is 0 Å². The van der Waals surface area contributed by atoms with Crippen molar-refractivity contribution in [3.8, 4) is 0 Å². The molecular formula is C9H10F3N3O2. The fourth-order valence-corrected chi connectivity index (χ4v) is 1.63. The second-order valence-corrected chi connectivity index (χ2v) is 3.79. The highest BCUT2D eigenvalue weighted by molar-refractivity contribution is 5.98. The van der Waals surface area contributed by atoms with Gasteiger partial charge in [0.25, 0.3) is 5.78 Å². The molecule has 2 rings (SSSR count). The summed E-state index contributed by atoms with van der Waals surface area (Å²) < 4.78 is 42.8. The largest absolute Gasteiger partial charge is 0.456 e. The zero-order valence-electron chi connectivity index (χ0n) is 8.78. The summed E-state index contributed by atoms with van der Waals surface area (Å²) in [5, 5.41) is 6.69. The van der Waals surface area contributed by atoms with Crippen LogP contribution in [0.1, 0.15) is 23.3 Å². The Morgan fingerprint density at radius 2 is 2.35 bits per heavy atom. The number of nitrogens with zero attached hydrogens (tertiary/aromatic N) is 3. The molecule has 1 aromatic heterocycles. The van der Waals surface area contributed by atoms with E-state index in [2.05, 4.69) is 10.3 Å². The molecule has 2 heterocycles. The number of hydrogen-bond acceptors (Lipinski definition) is 4. The summed E-state index contributed by atoms with van der Waals surface area (Å²) in [6, 6.07) is 0. The van der Waals surface area contributed by atoms with Crippen molar-refractivity contribution in [2.24, 2.45) is 0 Å². The first kappa shape index (κ1) is 12.0. The second kappa shape index (κ2) is 4.44. The van der Waals surface area contributed by atoms with Gasteiger partial charge in [-0.25, -0.2) is 4.68 Å². The molecule has 17 heavy (non-hydrogen) atoms. The lowest BCUT2D eigenvalue weighted by Crippen LogP contribution is -2.23. The van der Waals surface area contributed by atoms with Crippen LogP contribution in [-0.4, -0.2) is 39.7 Å². The SMILES string of the molecule is O=C(c1cn(CC2CCCO2)nn1)C(F)(F)F. The number of aromatic nitrogens is 3. The number of Topliss-reactive ketones (excluding diaryl/α,β-unsaturated/α-hetero) is 1. The number of rotatable bonds is 3. The molecule has 1 aliphatic heterocycles. The summed E-state index contributed by atoms with van der Waals surface area (Å²) in [4.78, 5) is 10.8. The van der Waals surface area contributed by atoms with Gasteiger partial charge in [-0.3, -0.25) is 4.79 Å². The summed E-state index contributed by atoms with van der Waals surface area (Å²) in [5.74, 6) is -1.98. The van der Waals surface area contributed by atoms with Crippen molar-refractivity contribution in [3.05, 3.63) is 11.9 Å². The normalized spacial score (nSPS) is 20.8. The van der Waals surface area contributed by atoms with Gasteiger partial charge in [-0.2, -0.15) is 13.2 Å². The van der Waals surface area contributed by atoms with E-state index in [0.717, 1.165) is 19.0 Å². The molecule has 1 aromatic rings. The van der Waals surface area contributed by atoms with Crippen LogP contribution in [0.4, 0.5) is 13.2 Å². The van der Waals surface area contributed by atoms with E-state index >= 15 is 0 Å². The summed E-state index contributed by atoms with van der Waals surface area (Å²) in [6.07, 6.45) is -2.22. The lowest BCUT2D eigenvalue weighted by atomic mass is 10.2. The predicted octanol–water partition coefficient (Wildman–Crippen LogP) is 1.20. The zero-order valence-corrected chi connectivity index (χ0v) is 8.78. The van der Waals surface area contributed by atoms with Crippen LogP contribution < -0.4 is 0 Å². The summed E-state index contributed by atoms with van der Waals surface area (Å²) >= 11 is 0. The maximum absolute atomic E-state index is 12.1. The van der Waals surface area contributed by atoms with Crippen LogP contribution in [0.5, 0.6) is 0 Å². The van der Waals surface area contributed by atoms with Crippen molar-refractivity contribution < 1.29 is 22.7 Å². The molecule has 0 aromatic carbocycles. The van der Waals surface area contributed by atoms with Crippen molar-refractivity contribution in [1.82, 2.24) is 15.0 Å². The van der Waals surface area contributed by atoms with E-state index in [1.807, 2.05) is 0 Å². The molecule has 1 saturated heterocycles. The minimum Gasteiger partial charge on any atom is -0.376 e. The third-order valence-electron chi connectivity index (χ3n) is 2.44. The molecule has 5 nitrogen and oxygen atoms in total. The highest BCUT2D eigenvalue weighted by Gasteiger charge is 2.41. The van der Waals surface area contributed by atoms with E-state index < -0.39 is 17.7 Å². The van der Waals surface area contributed by atoms with Crippen molar-refractivity contribution in [2.75, 3.05) is 6.61 Å². The highest BCUT2D eigenvalue weighted by atomic mass is 19.4. The molecule has 1 unspecified atom stereocenters. The van der Waals surface area contributed by atoms with Gasteiger partial charge in [0.2, 0.25) is 0 Å². The number of halogens is 3. The number of hydrogen-bond donors (Lipinski definition) is 0. The molecule has 0 radical (unpaired) electrons. The Balaban J connectivity index is 2.02. The van der Waals surface area contributed by atoms with Crippen molar-refractivity contribution in [1.29, 1.82) is 0 Å². The van der Waals surface area contributed by atoms with Gasteiger partial charge < -0.3 is 4.74 Å². The van der Waals surface area contributed by atoms with E-state index in [-0.39, 0.29) is 6.10 Å². The third kappa shape index (κ3) is 2.82. The number of carbonyl (C=O) groups excluding carboxylic acids is 1. The van der Waals surface area contributed by atoms with E-state index in [9.17, 15) is 18.0 Å². The molecule has 0 saturated carbocycles. The molecule has 0 N–H and O–H groups in total. The first-order valence-electron chi connectivity index (χ1n) is 5.10. The monoisotopic (exact) mass is 249 g/mol. The van der Waals surface area contributed by atoms with Gasteiger partial charge in [-0.05, 0) is 12.8 Å². The average Bonchev–Trinajstić information content (AvgIpc) is 2.87. The first-order valence-corrected chi connectivity index (χ1v) is 5.10. The zero-order chi connectivity index (χ0) is 12.5. The lowest BCUT2D eigenvalue weighted by Gasteiger charge is -2.07. The van der Waals surface area contributed by atoms with E-state index in [0.29, 0.717) is 13.2 Å². The van der Waals surface area contributed by atoms with E-state index in [4.69, 9.17) is 4.74 Å². The number of ether oxygens (including phenoxy) is 1. The lowest BCUT2D eigenvalue weighted by molar-refractivity contribution is -0.0888. The molecular weight excluding hydrogens is 239 g/mol. The van der Waals surface area contributed by atoms with Gasteiger partial charge in [-0.1, -0.05) is 5.21 Å². The van der Waals surface area contributed by atoms with Crippen LogP contribution >= 0.6 is 0 Å². The molecule has 1 atom stereocenters. The Morgan fingerprint density at radius 1 is 1.59 bits per heavy atom. The molecule has 1 fully saturated rings. The molecule has 0 bridgehead atoms. The van der Waals surface area contributed by atoms with Gasteiger partial charge in [0.05, 0.1) is 18.8 Å². The van der Waals surface area contributed by atoms with Crippen LogP contribution in [0, 0.1) is 0 Å². The molecule has 0 amide bonds. The minimum atomic E-state index is -4.91. The Hall–Kier alpha value is -1.44. The van der Waals surface area contributed by atoms with Crippen molar-refractivity contribution in [3.63, 3.8) is 0 Å². The van der Waals surface area contributed by atoms with Crippen LogP contribution in [0.15, 0.2) is 6.20 Å². The third-order valence-corrected chi connectivity index (χ3v) is 2.44. The number of alkyl halides is 3. The Kier molecular flexibility index (Phi) is 3.14. The van der Waals surface area contributed by atoms with E-state index in [1.54, 1.807) is 0 Å². The fourth-order valence-electron chi connectivity index (χ4n) is 1.63. The Bertz CT molecular complexity index is 410. The minimum absolute atomic E-state index is 0.0643. The maximum Gasteiger partial charge on any atom is 0.456 e. The molecule has 0 aliphatic carbocycles. The highest BCUT2D eigenvalue weighted by Crippen LogP contribution is 2.20. The van der Waals surface area contributed by atoms with Crippen LogP contribution in [0.3, 0.4) is 0 Å². The average molecular weight is 249 g/mol. The predicted molar refractivity (Wildman–Crippen MR) is 49.4 cm³/mol. The smallest absolute Gasteiger partial charge is 0.376 e. The Morgan fingerprint density at radius 3 is 2.94 bits per heavy atom. The van der Waals surface area contributed by atoms with Crippen molar-refractivity contribution >= 4 is 5.78 Å².